The number of hydrogen-bond donors (Lipinski definition) is 1. The van der Waals surface area contributed by atoms with Gasteiger partial charge in [-0.05, 0) is 69.3 Å². The molecule has 2 unspecified atom stereocenters. The molecular formula is C27H33NO5S. The van der Waals surface area contributed by atoms with Crippen molar-refractivity contribution >= 4 is 34.4 Å². The molecule has 0 spiro atoms. The number of ether oxygens (including phenoxy) is 2. The maximum absolute atomic E-state index is 12.8. The lowest BCUT2D eigenvalue weighted by Gasteiger charge is -2.38. The molecular weight excluding hydrogens is 450 g/mol. The number of carbonyl (C=O) groups excluding carboxylic acids is 1. The SMILES string of the molecule is CC(C)(C)OC(=O)OC(c1cccs1)C(CN(C(=O)O)C(C)(C)C)c1ccc2ccccc2c1. The van der Waals surface area contributed by atoms with Gasteiger partial charge in [-0.1, -0.05) is 48.5 Å². The van der Waals surface area contributed by atoms with Gasteiger partial charge in [0.25, 0.3) is 0 Å². The maximum Gasteiger partial charge on any atom is 0.509 e. The normalized spacial score (nSPS) is 13.8. The van der Waals surface area contributed by atoms with Crippen LogP contribution < -0.4 is 0 Å². The molecule has 7 heteroatoms. The van der Waals surface area contributed by atoms with Gasteiger partial charge >= 0.3 is 12.2 Å². The van der Waals surface area contributed by atoms with E-state index in [0.717, 1.165) is 21.2 Å². The van der Waals surface area contributed by atoms with Gasteiger partial charge in [-0.2, -0.15) is 0 Å². The Bertz CT molecular complexity index is 1130. The summed E-state index contributed by atoms with van der Waals surface area (Å²) in [7, 11) is 0. The number of thiophene rings is 1. The number of hydrogen-bond acceptors (Lipinski definition) is 5. The predicted octanol–water partition coefficient (Wildman–Crippen LogP) is 7.46. The molecule has 2 aromatic carbocycles. The van der Waals surface area contributed by atoms with E-state index in [9.17, 15) is 14.7 Å². The van der Waals surface area contributed by atoms with Crippen molar-refractivity contribution in [3.05, 3.63) is 70.4 Å². The van der Waals surface area contributed by atoms with Crippen LogP contribution in [-0.2, 0) is 9.47 Å². The number of carbonyl (C=O) groups is 2. The molecule has 1 amide bonds. The lowest BCUT2D eigenvalue weighted by Crippen LogP contribution is -2.47. The zero-order chi connectivity index (χ0) is 25.1. The number of carboxylic acid groups (broad SMARTS) is 1. The number of benzene rings is 2. The highest BCUT2D eigenvalue weighted by Crippen LogP contribution is 2.39. The van der Waals surface area contributed by atoms with Gasteiger partial charge in [0.2, 0.25) is 0 Å². The highest BCUT2D eigenvalue weighted by molar-refractivity contribution is 7.10. The topological polar surface area (TPSA) is 76.1 Å². The molecule has 0 bridgehead atoms. The Morgan fingerprint density at radius 2 is 1.65 bits per heavy atom. The molecule has 34 heavy (non-hydrogen) atoms. The molecule has 1 heterocycles. The van der Waals surface area contributed by atoms with Gasteiger partial charge in [0.1, 0.15) is 11.7 Å². The first-order chi connectivity index (χ1) is 15.8. The first-order valence-corrected chi connectivity index (χ1v) is 12.2. The van der Waals surface area contributed by atoms with Crippen molar-refractivity contribution in [3.63, 3.8) is 0 Å². The average Bonchev–Trinajstić information content (AvgIpc) is 3.25. The zero-order valence-corrected chi connectivity index (χ0v) is 21.4. The van der Waals surface area contributed by atoms with Crippen LogP contribution >= 0.6 is 11.3 Å². The van der Waals surface area contributed by atoms with Crippen LogP contribution in [0.4, 0.5) is 9.59 Å². The van der Waals surface area contributed by atoms with Crippen molar-refractivity contribution < 1.29 is 24.2 Å². The number of fused-ring (bicyclic) bond motifs is 1. The molecule has 0 aliphatic carbocycles. The predicted molar refractivity (Wildman–Crippen MR) is 136 cm³/mol. The number of amides is 1. The maximum atomic E-state index is 12.8. The third kappa shape index (κ3) is 6.50. The Kier molecular flexibility index (Phi) is 7.56. The molecule has 0 saturated heterocycles. The summed E-state index contributed by atoms with van der Waals surface area (Å²) in [6, 6.07) is 17.8. The second-order valence-electron chi connectivity index (χ2n) is 10.3. The van der Waals surface area contributed by atoms with Crippen molar-refractivity contribution in [2.75, 3.05) is 6.54 Å². The van der Waals surface area contributed by atoms with Crippen LogP contribution in [0.25, 0.3) is 10.8 Å². The van der Waals surface area contributed by atoms with Gasteiger partial charge in [0, 0.05) is 22.9 Å². The summed E-state index contributed by atoms with van der Waals surface area (Å²) in [5, 5.41) is 14.0. The molecule has 3 rings (SSSR count). The van der Waals surface area contributed by atoms with E-state index >= 15 is 0 Å². The van der Waals surface area contributed by atoms with Crippen LogP contribution in [0.2, 0.25) is 0 Å². The highest BCUT2D eigenvalue weighted by atomic mass is 32.1. The van der Waals surface area contributed by atoms with E-state index in [1.807, 2.05) is 80.7 Å². The van der Waals surface area contributed by atoms with Gasteiger partial charge in [0.05, 0.1) is 0 Å². The van der Waals surface area contributed by atoms with E-state index in [2.05, 4.69) is 0 Å². The van der Waals surface area contributed by atoms with E-state index in [1.54, 1.807) is 20.8 Å². The second kappa shape index (κ2) is 10.1. The van der Waals surface area contributed by atoms with Gasteiger partial charge in [-0.3, -0.25) is 0 Å². The summed E-state index contributed by atoms with van der Waals surface area (Å²) in [4.78, 5) is 27.2. The average molecular weight is 484 g/mol. The minimum atomic E-state index is -1.03. The molecule has 0 radical (unpaired) electrons. The Labute approximate surface area is 205 Å². The zero-order valence-electron chi connectivity index (χ0n) is 20.6. The monoisotopic (exact) mass is 483 g/mol. The van der Waals surface area contributed by atoms with Crippen molar-refractivity contribution in [2.24, 2.45) is 0 Å². The van der Waals surface area contributed by atoms with Gasteiger partial charge < -0.3 is 19.5 Å². The number of rotatable bonds is 6. The standard InChI is InChI=1S/C27H33NO5S/c1-26(2,3)28(24(29)30)17-21(20-14-13-18-10-7-8-11-19(18)16-20)23(22-12-9-15-34-22)32-25(31)33-27(4,5)6/h7-16,21,23H,17H2,1-6H3,(H,29,30). The minimum absolute atomic E-state index is 0.141. The van der Waals surface area contributed by atoms with Crippen LogP contribution in [-0.4, -0.2) is 39.9 Å². The van der Waals surface area contributed by atoms with Crippen molar-refractivity contribution in [1.29, 1.82) is 0 Å². The third-order valence-corrected chi connectivity index (χ3v) is 6.36. The van der Waals surface area contributed by atoms with Crippen LogP contribution in [0.15, 0.2) is 60.0 Å². The Balaban J connectivity index is 2.11. The highest BCUT2D eigenvalue weighted by Gasteiger charge is 2.37. The van der Waals surface area contributed by atoms with E-state index < -0.39 is 35.4 Å². The molecule has 0 aliphatic rings. The quantitative estimate of drug-likeness (QED) is 0.368. The largest absolute Gasteiger partial charge is 0.509 e. The summed E-state index contributed by atoms with van der Waals surface area (Å²) in [6.45, 7) is 11.0. The first-order valence-electron chi connectivity index (χ1n) is 11.3. The molecule has 2 atom stereocenters. The summed E-state index contributed by atoms with van der Waals surface area (Å²) in [5.41, 5.74) is -0.475. The second-order valence-corrected chi connectivity index (χ2v) is 11.3. The molecule has 0 fully saturated rings. The Morgan fingerprint density at radius 3 is 2.21 bits per heavy atom. The molecule has 0 saturated carbocycles. The molecule has 6 nitrogen and oxygen atoms in total. The van der Waals surface area contributed by atoms with Crippen molar-refractivity contribution in [2.45, 2.75) is 64.7 Å². The molecule has 1 N–H and O–H groups in total. The fourth-order valence-corrected chi connectivity index (χ4v) is 4.64. The van der Waals surface area contributed by atoms with Crippen LogP contribution in [0.1, 0.15) is 64.0 Å². The van der Waals surface area contributed by atoms with Crippen LogP contribution in [0.3, 0.4) is 0 Å². The Morgan fingerprint density at radius 1 is 0.971 bits per heavy atom. The van der Waals surface area contributed by atoms with Gasteiger partial charge in [0.15, 0.2) is 0 Å². The fourth-order valence-electron chi connectivity index (χ4n) is 3.82. The number of nitrogens with zero attached hydrogens (tertiary/aromatic N) is 1. The summed E-state index contributed by atoms with van der Waals surface area (Å²) < 4.78 is 11.4. The van der Waals surface area contributed by atoms with Crippen LogP contribution in [0, 0.1) is 0 Å². The van der Waals surface area contributed by atoms with E-state index in [4.69, 9.17) is 9.47 Å². The molecule has 182 valence electrons. The lowest BCUT2D eigenvalue weighted by atomic mass is 9.89. The third-order valence-electron chi connectivity index (χ3n) is 5.42. The van der Waals surface area contributed by atoms with E-state index in [-0.39, 0.29) is 6.54 Å². The van der Waals surface area contributed by atoms with Crippen LogP contribution in [0.5, 0.6) is 0 Å². The molecule has 3 aromatic rings. The summed E-state index contributed by atoms with van der Waals surface area (Å²) >= 11 is 1.46. The van der Waals surface area contributed by atoms with Gasteiger partial charge in [-0.15, -0.1) is 11.3 Å². The minimum Gasteiger partial charge on any atom is -0.465 e. The lowest BCUT2D eigenvalue weighted by molar-refractivity contribution is -0.0356. The molecule has 1 aromatic heterocycles. The molecule has 0 aliphatic heterocycles. The van der Waals surface area contributed by atoms with E-state index in [1.165, 1.54) is 16.2 Å². The van der Waals surface area contributed by atoms with Crippen molar-refractivity contribution in [3.8, 4) is 0 Å². The first kappa shape index (κ1) is 25.6. The summed E-state index contributed by atoms with van der Waals surface area (Å²) in [6.07, 6.45) is -2.53. The van der Waals surface area contributed by atoms with Crippen molar-refractivity contribution in [1.82, 2.24) is 4.90 Å². The smallest absolute Gasteiger partial charge is 0.465 e. The van der Waals surface area contributed by atoms with Gasteiger partial charge in [-0.25, -0.2) is 9.59 Å². The summed E-state index contributed by atoms with van der Waals surface area (Å²) in [5.74, 6) is -0.453. The Hall–Kier alpha value is -3.06. The fraction of sp³-hybridized carbons (Fsp3) is 0.407. The van der Waals surface area contributed by atoms with E-state index in [0.29, 0.717) is 0 Å².